The van der Waals surface area contributed by atoms with E-state index in [0.29, 0.717) is 0 Å². The van der Waals surface area contributed by atoms with Crippen molar-refractivity contribution in [2.75, 3.05) is 20.1 Å². The van der Waals surface area contributed by atoms with Gasteiger partial charge in [-0.2, -0.15) is 0 Å². The molecule has 1 fully saturated rings. The van der Waals surface area contributed by atoms with Crippen molar-refractivity contribution in [3.63, 3.8) is 0 Å². The lowest BCUT2D eigenvalue weighted by atomic mass is 9.90. The van der Waals surface area contributed by atoms with E-state index in [9.17, 15) is 0 Å². The molecule has 0 unspecified atom stereocenters. The van der Waals surface area contributed by atoms with Gasteiger partial charge in [-0.25, -0.2) is 0 Å². The van der Waals surface area contributed by atoms with E-state index >= 15 is 0 Å². The van der Waals surface area contributed by atoms with Crippen molar-refractivity contribution in [2.24, 2.45) is 5.92 Å². The molecule has 1 aromatic carbocycles. The standard InChI is InChI=1S/C17H22N2/c1-13-3-4-17-16(9-13)11-15(12-18-17)10-14-5-7-19(2)8-6-14/h3-4,9,11-12,14H,5-8,10H2,1-2H3. The molecule has 1 aromatic heterocycles. The van der Waals surface area contributed by atoms with Crippen LogP contribution in [0.3, 0.4) is 0 Å². The Morgan fingerprint density at radius 2 is 2.00 bits per heavy atom. The number of rotatable bonds is 2. The molecule has 100 valence electrons. The first kappa shape index (κ1) is 12.6. The topological polar surface area (TPSA) is 16.1 Å². The second-order valence-corrected chi connectivity index (χ2v) is 5.99. The van der Waals surface area contributed by atoms with Crippen LogP contribution in [-0.4, -0.2) is 30.0 Å². The summed E-state index contributed by atoms with van der Waals surface area (Å²) >= 11 is 0. The van der Waals surface area contributed by atoms with Crippen LogP contribution in [0.15, 0.2) is 30.5 Å². The Morgan fingerprint density at radius 3 is 2.79 bits per heavy atom. The average molecular weight is 254 g/mol. The highest BCUT2D eigenvalue weighted by molar-refractivity contribution is 5.79. The number of benzene rings is 1. The minimum absolute atomic E-state index is 0.834. The summed E-state index contributed by atoms with van der Waals surface area (Å²) in [6, 6.07) is 8.81. The minimum Gasteiger partial charge on any atom is -0.306 e. The first-order valence-corrected chi connectivity index (χ1v) is 7.24. The van der Waals surface area contributed by atoms with Crippen molar-refractivity contribution < 1.29 is 0 Å². The van der Waals surface area contributed by atoms with Gasteiger partial charge >= 0.3 is 0 Å². The molecule has 2 heterocycles. The van der Waals surface area contributed by atoms with Gasteiger partial charge in [0.15, 0.2) is 0 Å². The lowest BCUT2D eigenvalue weighted by Crippen LogP contribution is -2.30. The molecular weight excluding hydrogens is 232 g/mol. The number of fused-ring (bicyclic) bond motifs is 1. The molecular formula is C17H22N2. The second-order valence-electron chi connectivity index (χ2n) is 5.99. The highest BCUT2D eigenvalue weighted by Crippen LogP contribution is 2.22. The van der Waals surface area contributed by atoms with Crippen LogP contribution in [0.1, 0.15) is 24.0 Å². The highest BCUT2D eigenvalue weighted by atomic mass is 15.1. The molecule has 0 atom stereocenters. The van der Waals surface area contributed by atoms with Crippen LogP contribution < -0.4 is 0 Å². The lowest BCUT2D eigenvalue weighted by Gasteiger charge is -2.28. The van der Waals surface area contributed by atoms with E-state index in [0.717, 1.165) is 11.4 Å². The molecule has 0 N–H and O–H groups in total. The van der Waals surface area contributed by atoms with Crippen LogP contribution in [0.4, 0.5) is 0 Å². The van der Waals surface area contributed by atoms with Gasteiger partial charge in [-0.15, -0.1) is 0 Å². The predicted molar refractivity (Wildman–Crippen MR) is 80.4 cm³/mol. The normalized spacial score (nSPS) is 18.0. The van der Waals surface area contributed by atoms with Crippen LogP contribution >= 0.6 is 0 Å². The number of nitrogens with zero attached hydrogens (tertiary/aromatic N) is 2. The van der Waals surface area contributed by atoms with Gasteiger partial charge in [0.1, 0.15) is 0 Å². The maximum Gasteiger partial charge on any atom is 0.0702 e. The van der Waals surface area contributed by atoms with Crippen LogP contribution in [0.25, 0.3) is 10.9 Å². The van der Waals surface area contributed by atoms with E-state index in [1.807, 2.05) is 0 Å². The lowest BCUT2D eigenvalue weighted by molar-refractivity contribution is 0.219. The van der Waals surface area contributed by atoms with Gasteiger partial charge in [0.25, 0.3) is 0 Å². The Labute approximate surface area is 115 Å². The second kappa shape index (κ2) is 5.30. The number of aryl methyl sites for hydroxylation is 1. The smallest absolute Gasteiger partial charge is 0.0702 e. The summed E-state index contributed by atoms with van der Waals surface area (Å²) < 4.78 is 0. The van der Waals surface area contributed by atoms with Crippen molar-refractivity contribution >= 4 is 10.9 Å². The molecule has 1 aliphatic rings. The fourth-order valence-corrected chi connectivity index (χ4v) is 3.01. The zero-order chi connectivity index (χ0) is 13.2. The van der Waals surface area contributed by atoms with Crippen LogP contribution in [0.2, 0.25) is 0 Å². The van der Waals surface area contributed by atoms with E-state index in [1.165, 1.54) is 48.9 Å². The molecule has 3 rings (SSSR count). The Bertz CT molecular complexity index is 568. The Hall–Kier alpha value is -1.41. The average Bonchev–Trinajstić information content (AvgIpc) is 2.41. The van der Waals surface area contributed by atoms with Crippen molar-refractivity contribution in [2.45, 2.75) is 26.2 Å². The predicted octanol–water partition coefficient (Wildman–Crippen LogP) is 3.43. The number of aromatic nitrogens is 1. The van der Waals surface area contributed by atoms with E-state index in [4.69, 9.17) is 0 Å². The molecule has 2 heteroatoms. The number of hydrogen-bond donors (Lipinski definition) is 0. The minimum atomic E-state index is 0.834. The van der Waals surface area contributed by atoms with Crippen molar-refractivity contribution in [1.29, 1.82) is 0 Å². The zero-order valence-electron chi connectivity index (χ0n) is 11.9. The van der Waals surface area contributed by atoms with E-state index < -0.39 is 0 Å². The SMILES string of the molecule is Cc1ccc2ncc(CC3CCN(C)CC3)cc2c1. The molecule has 1 aliphatic heterocycles. The van der Waals surface area contributed by atoms with Crippen LogP contribution in [-0.2, 0) is 6.42 Å². The van der Waals surface area contributed by atoms with Crippen molar-refractivity contribution in [3.05, 3.63) is 41.6 Å². The number of pyridine rings is 1. The third-order valence-corrected chi connectivity index (χ3v) is 4.26. The summed E-state index contributed by atoms with van der Waals surface area (Å²) in [6.45, 7) is 4.62. The maximum atomic E-state index is 4.59. The summed E-state index contributed by atoms with van der Waals surface area (Å²) in [5.41, 5.74) is 3.82. The van der Waals surface area contributed by atoms with Gasteiger partial charge in [0, 0.05) is 11.6 Å². The third-order valence-electron chi connectivity index (χ3n) is 4.26. The summed E-state index contributed by atoms with van der Waals surface area (Å²) in [4.78, 5) is 7.02. The molecule has 0 amide bonds. The van der Waals surface area contributed by atoms with E-state index in [2.05, 4.69) is 54.3 Å². The number of likely N-dealkylation sites (tertiary alicyclic amines) is 1. The first-order valence-electron chi connectivity index (χ1n) is 7.24. The summed E-state index contributed by atoms with van der Waals surface area (Å²) in [7, 11) is 2.22. The molecule has 19 heavy (non-hydrogen) atoms. The summed E-state index contributed by atoms with van der Waals surface area (Å²) in [6.07, 6.45) is 5.89. The van der Waals surface area contributed by atoms with Crippen LogP contribution in [0, 0.1) is 12.8 Å². The largest absolute Gasteiger partial charge is 0.306 e. The zero-order valence-corrected chi connectivity index (χ0v) is 11.9. The van der Waals surface area contributed by atoms with Crippen molar-refractivity contribution in [1.82, 2.24) is 9.88 Å². The van der Waals surface area contributed by atoms with Gasteiger partial charge in [-0.05, 0) is 76.0 Å². The van der Waals surface area contributed by atoms with Crippen LogP contribution in [0.5, 0.6) is 0 Å². The van der Waals surface area contributed by atoms with Gasteiger partial charge in [0.05, 0.1) is 5.52 Å². The Kier molecular flexibility index (Phi) is 3.52. The van der Waals surface area contributed by atoms with Gasteiger partial charge < -0.3 is 4.90 Å². The Balaban J connectivity index is 1.77. The fourth-order valence-electron chi connectivity index (χ4n) is 3.01. The highest BCUT2D eigenvalue weighted by Gasteiger charge is 2.17. The third kappa shape index (κ3) is 2.95. The number of piperidine rings is 1. The Morgan fingerprint density at radius 1 is 1.21 bits per heavy atom. The molecule has 0 saturated carbocycles. The van der Waals surface area contributed by atoms with Gasteiger partial charge in [-0.3, -0.25) is 4.98 Å². The first-order chi connectivity index (χ1) is 9.20. The number of hydrogen-bond acceptors (Lipinski definition) is 2. The molecule has 2 nitrogen and oxygen atoms in total. The monoisotopic (exact) mass is 254 g/mol. The van der Waals surface area contributed by atoms with Crippen molar-refractivity contribution in [3.8, 4) is 0 Å². The molecule has 0 spiro atoms. The maximum absolute atomic E-state index is 4.59. The molecule has 0 bridgehead atoms. The van der Waals surface area contributed by atoms with E-state index in [1.54, 1.807) is 0 Å². The van der Waals surface area contributed by atoms with E-state index in [-0.39, 0.29) is 0 Å². The van der Waals surface area contributed by atoms with Gasteiger partial charge in [0.2, 0.25) is 0 Å². The quantitative estimate of drug-likeness (QED) is 0.816. The molecule has 2 aromatic rings. The summed E-state index contributed by atoms with van der Waals surface area (Å²) in [5.74, 6) is 0.834. The molecule has 1 saturated heterocycles. The van der Waals surface area contributed by atoms with Gasteiger partial charge in [-0.1, -0.05) is 11.6 Å². The molecule has 0 aliphatic carbocycles. The fraction of sp³-hybridized carbons (Fsp3) is 0.471. The summed E-state index contributed by atoms with van der Waals surface area (Å²) in [5, 5.41) is 1.28. The molecule has 0 radical (unpaired) electrons.